The van der Waals surface area contributed by atoms with Gasteiger partial charge in [-0.25, -0.2) is 0 Å². The molecule has 2 aromatic rings. The Bertz CT molecular complexity index is 637. The van der Waals surface area contributed by atoms with Crippen LogP contribution < -0.4 is 10.1 Å². The van der Waals surface area contributed by atoms with E-state index < -0.39 is 0 Å². The SMILES string of the molecule is CNC[C@H]1CCc2cccc(-c3c(Cl)cccc3Cl)c2O1. The Morgan fingerprint density at radius 3 is 2.57 bits per heavy atom. The van der Waals surface area contributed by atoms with Crippen LogP contribution in [0.25, 0.3) is 11.1 Å². The van der Waals surface area contributed by atoms with E-state index in [-0.39, 0.29) is 6.10 Å². The van der Waals surface area contributed by atoms with Gasteiger partial charge in [0.05, 0.1) is 10.0 Å². The second-order valence-electron chi connectivity index (χ2n) is 5.23. The average molecular weight is 322 g/mol. The van der Waals surface area contributed by atoms with Crippen molar-refractivity contribution in [3.8, 4) is 16.9 Å². The third-order valence-corrected chi connectivity index (χ3v) is 4.41. The minimum Gasteiger partial charge on any atom is -0.488 e. The first kappa shape index (κ1) is 14.7. The van der Waals surface area contributed by atoms with Crippen molar-refractivity contribution in [1.82, 2.24) is 5.32 Å². The lowest BCUT2D eigenvalue weighted by Crippen LogP contribution is -2.32. The van der Waals surface area contributed by atoms with E-state index >= 15 is 0 Å². The topological polar surface area (TPSA) is 21.3 Å². The van der Waals surface area contributed by atoms with Crippen molar-refractivity contribution in [1.29, 1.82) is 0 Å². The molecule has 1 atom stereocenters. The number of aryl methyl sites for hydroxylation is 1. The predicted molar refractivity (Wildman–Crippen MR) is 88.6 cm³/mol. The third-order valence-electron chi connectivity index (χ3n) is 3.78. The average Bonchev–Trinajstić information content (AvgIpc) is 2.48. The van der Waals surface area contributed by atoms with Crippen molar-refractivity contribution >= 4 is 23.2 Å². The van der Waals surface area contributed by atoms with Gasteiger partial charge in [0, 0.05) is 17.7 Å². The number of hydrogen-bond acceptors (Lipinski definition) is 2. The zero-order valence-corrected chi connectivity index (χ0v) is 13.3. The zero-order chi connectivity index (χ0) is 14.8. The molecule has 0 saturated carbocycles. The highest BCUT2D eigenvalue weighted by molar-refractivity contribution is 6.39. The van der Waals surface area contributed by atoms with Crippen LogP contribution in [0.1, 0.15) is 12.0 Å². The van der Waals surface area contributed by atoms with Gasteiger partial charge in [-0.15, -0.1) is 0 Å². The van der Waals surface area contributed by atoms with Crippen molar-refractivity contribution in [2.24, 2.45) is 0 Å². The molecule has 0 spiro atoms. The van der Waals surface area contributed by atoms with Crippen LogP contribution in [0.5, 0.6) is 5.75 Å². The van der Waals surface area contributed by atoms with Gasteiger partial charge in [-0.05, 0) is 37.6 Å². The Balaban J connectivity index is 2.09. The summed E-state index contributed by atoms with van der Waals surface area (Å²) in [4.78, 5) is 0. The largest absolute Gasteiger partial charge is 0.488 e. The van der Waals surface area contributed by atoms with Crippen LogP contribution in [0.15, 0.2) is 36.4 Å². The highest BCUT2D eigenvalue weighted by Gasteiger charge is 2.23. The van der Waals surface area contributed by atoms with Crippen LogP contribution in [0.4, 0.5) is 0 Å². The van der Waals surface area contributed by atoms with E-state index in [1.807, 2.05) is 37.4 Å². The second-order valence-corrected chi connectivity index (χ2v) is 6.04. The first-order valence-corrected chi connectivity index (χ1v) is 7.84. The Kier molecular flexibility index (Phi) is 4.39. The zero-order valence-electron chi connectivity index (χ0n) is 11.8. The van der Waals surface area contributed by atoms with Crippen molar-refractivity contribution in [2.45, 2.75) is 18.9 Å². The Hall–Kier alpha value is -1.22. The van der Waals surface area contributed by atoms with E-state index in [4.69, 9.17) is 27.9 Å². The molecule has 1 aliphatic rings. The van der Waals surface area contributed by atoms with Crippen molar-refractivity contribution in [3.63, 3.8) is 0 Å². The molecular formula is C17H17Cl2NO. The first-order valence-electron chi connectivity index (χ1n) is 7.08. The molecule has 2 nitrogen and oxygen atoms in total. The quantitative estimate of drug-likeness (QED) is 0.893. The molecule has 1 heterocycles. The van der Waals surface area contributed by atoms with Gasteiger partial charge in [-0.1, -0.05) is 47.5 Å². The van der Waals surface area contributed by atoms with Crippen LogP contribution in [-0.4, -0.2) is 19.7 Å². The number of ether oxygens (including phenoxy) is 1. The summed E-state index contributed by atoms with van der Waals surface area (Å²) in [7, 11) is 1.94. The molecule has 0 bridgehead atoms. The van der Waals surface area contributed by atoms with Gasteiger partial charge in [0.15, 0.2) is 0 Å². The molecule has 0 aliphatic carbocycles. The summed E-state index contributed by atoms with van der Waals surface area (Å²) < 4.78 is 6.19. The maximum atomic E-state index is 6.35. The fraction of sp³-hybridized carbons (Fsp3) is 0.294. The smallest absolute Gasteiger partial charge is 0.130 e. The minimum atomic E-state index is 0.185. The fourth-order valence-electron chi connectivity index (χ4n) is 2.79. The van der Waals surface area contributed by atoms with E-state index in [1.165, 1.54) is 5.56 Å². The Labute approximate surface area is 135 Å². The molecule has 0 saturated heterocycles. The predicted octanol–water partition coefficient (Wildman–Crippen LogP) is 4.57. The molecule has 21 heavy (non-hydrogen) atoms. The molecule has 0 unspecified atom stereocenters. The van der Waals surface area contributed by atoms with E-state index in [2.05, 4.69) is 11.4 Å². The molecule has 1 aliphatic heterocycles. The molecule has 110 valence electrons. The summed E-state index contributed by atoms with van der Waals surface area (Å²) in [5.74, 6) is 0.916. The summed E-state index contributed by atoms with van der Waals surface area (Å²) in [6.45, 7) is 0.837. The fourth-order valence-corrected chi connectivity index (χ4v) is 3.39. The first-order chi connectivity index (χ1) is 10.2. The summed E-state index contributed by atoms with van der Waals surface area (Å²) >= 11 is 12.7. The molecule has 0 radical (unpaired) electrons. The number of para-hydroxylation sites is 1. The minimum absolute atomic E-state index is 0.185. The van der Waals surface area contributed by atoms with Crippen molar-refractivity contribution < 1.29 is 4.74 Å². The lowest BCUT2D eigenvalue weighted by Gasteiger charge is -2.28. The third kappa shape index (κ3) is 2.89. The number of halogens is 2. The number of rotatable bonds is 3. The molecule has 0 amide bonds. The molecule has 0 aromatic heterocycles. The van der Waals surface area contributed by atoms with Gasteiger partial charge in [0.2, 0.25) is 0 Å². The van der Waals surface area contributed by atoms with E-state index in [9.17, 15) is 0 Å². The number of fused-ring (bicyclic) bond motifs is 1. The van der Waals surface area contributed by atoms with Gasteiger partial charge < -0.3 is 10.1 Å². The van der Waals surface area contributed by atoms with Crippen molar-refractivity contribution in [2.75, 3.05) is 13.6 Å². The summed E-state index contributed by atoms with van der Waals surface area (Å²) in [5.41, 5.74) is 3.04. The van der Waals surface area contributed by atoms with Crippen LogP contribution in [0.3, 0.4) is 0 Å². The monoisotopic (exact) mass is 321 g/mol. The molecule has 0 fully saturated rings. The van der Waals surface area contributed by atoms with Gasteiger partial charge in [0.1, 0.15) is 11.9 Å². The Morgan fingerprint density at radius 1 is 1.14 bits per heavy atom. The van der Waals surface area contributed by atoms with Crippen molar-refractivity contribution in [3.05, 3.63) is 52.0 Å². The summed E-state index contributed by atoms with van der Waals surface area (Å²) in [6, 6.07) is 11.7. The van der Waals surface area contributed by atoms with Gasteiger partial charge in [-0.2, -0.15) is 0 Å². The van der Waals surface area contributed by atoms with Crippen LogP contribution in [0, 0.1) is 0 Å². The highest BCUT2D eigenvalue weighted by Crippen LogP contribution is 2.43. The Morgan fingerprint density at radius 2 is 1.86 bits per heavy atom. The summed E-state index contributed by atoms with van der Waals surface area (Å²) in [6.07, 6.45) is 2.22. The number of nitrogens with one attached hydrogen (secondary N) is 1. The van der Waals surface area contributed by atoms with E-state index in [0.717, 1.165) is 36.3 Å². The lowest BCUT2D eigenvalue weighted by atomic mass is 9.95. The molecule has 2 aromatic carbocycles. The van der Waals surface area contributed by atoms with Gasteiger partial charge in [-0.3, -0.25) is 0 Å². The standard InChI is InChI=1S/C17H17Cl2NO/c1-20-10-12-9-8-11-4-2-5-13(17(11)21-12)16-14(18)6-3-7-15(16)19/h2-7,12,20H,8-10H2,1H3/t12-/m1/s1. The van der Waals surface area contributed by atoms with E-state index in [0.29, 0.717) is 10.0 Å². The van der Waals surface area contributed by atoms with Crippen LogP contribution in [-0.2, 0) is 6.42 Å². The highest BCUT2D eigenvalue weighted by atomic mass is 35.5. The molecule has 4 heteroatoms. The number of benzene rings is 2. The van der Waals surface area contributed by atoms with Crippen LogP contribution in [0.2, 0.25) is 10.0 Å². The lowest BCUT2D eigenvalue weighted by molar-refractivity contribution is 0.174. The molecule has 1 N–H and O–H groups in total. The van der Waals surface area contributed by atoms with Crippen LogP contribution >= 0.6 is 23.2 Å². The number of hydrogen-bond donors (Lipinski definition) is 1. The van der Waals surface area contributed by atoms with E-state index in [1.54, 1.807) is 0 Å². The maximum Gasteiger partial charge on any atom is 0.130 e. The molecular weight excluding hydrogens is 305 g/mol. The second kappa shape index (κ2) is 6.27. The summed E-state index contributed by atoms with van der Waals surface area (Å²) in [5, 5.41) is 4.47. The van der Waals surface area contributed by atoms with Gasteiger partial charge >= 0.3 is 0 Å². The van der Waals surface area contributed by atoms with Gasteiger partial charge in [0.25, 0.3) is 0 Å². The molecule has 3 rings (SSSR count). The maximum absolute atomic E-state index is 6.35. The normalized spacial score (nSPS) is 17.2. The number of likely N-dealkylation sites (N-methyl/N-ethyl adjacent to an activating group) is 1.